The van der Waals surface area contributed by atoms with Crippen molar-refractivity contribution in [3.8, 4) is 0 Å². The second kappa shape index (κ2) is 10.5. The minimum Gasteiger partial charge on any atom is -0.361 e. The van der Waals surface area contributed by atoms with E-state index in [1.807, 2.05) is 13.8 Å². The Kier molecular flexibility index (Phi) is 9.48. The van der Waals surface area contributed by atoms with Gasteiger partial charge >= 0.3 is 0 Å². The highest BCUT2D eigenvalue weighted by molar-refractivity contribution is 14.0. The van der Waals surface area contributed by atoms with Crippen LogP contribution < -0.4 is 5.32 Å². The van der Waals surface area contributed by atoms with E-state index in [0.717, 1.165) is 43.6 Å². The molecule has 0 aliphatic carbocycles. The van der Waals surface area contributed by atoms with Crippen LogP contribution in [0, 0.1) is 13.8 Å². The second-order valence-electron chi connectivity index (χ2n) is 6.18. The summed E-state index contributed by atoms with van der Waals surface area (Å²) >= 11 is 2.08. The molecule has 0 bridgehead atoms. The summed E-state index contributed by atoms with van der Waals surface area (Å²) in [5.74, 6) is 3.46. The zero-order chi connectivity index (χ0) is 16.8. The molecule has 0 spiro atoms. The normalized spacial score (nSPS) is 19.8. The van der Waals surface area contributed by atoms with Crippen molar-refractivity contribution in [1.82, 2.24) is 15.4 Å². The van der Waals surface area contributed by atoms with Crippen LogP contribution in [0.3, 0.4) is 0 Å². The first-order valence-electron chi connectivity index (χ1n) is 8.64. The van der Waals surface area contributed by atoms with E-state index >= 15 is 0 Å². The van der Waals surface area contributed by atoms with Crippen molar-refractivity contribution in [2.24, 2.45) is 4.99 Å². The average Bonchev–Trinajstić information content (AvgIpc) is 2.90. The summed E-state index contributed by atoms with van der Waals surface area (Å²) in [5.41, 5.74) is 2.18. The lowest BCUT2D eigenvalue weighted by atomic mass is 10.00. The Hall–Kier alpha value is -0.440. The van der Waals surface area contributed by atoms with E-state index in [9.17, 15) is 0 Å². The molecule has 1 fully saturated rings. The molecule has 7 heteroatoms. The molecule has 0 radical (unpaired) electrons. The number of rotatable bonds is 5. The number of halogens is 1. The fourth-order valence-corrected chi connectivity index (χ4v) is 4.27. The molecule has 1 saturated heterocycles. The molecule has 0 amide bonds. The van der Waals surface area contributed by atoms with Crippen LogP contribution in [0.1, 0.15) is 50.1 Å². The van der Waals surface area contributed by atoms with Crippen molar-refractivity contribution in [2.75, 3.05) is 31.9 Å². The molecule has 1 aromatic heterocycles. The summed E-state index contributed by atoms with van der Waals surface area (Å²) < 4.78 is 5.29. The third-order valence-corrected chi connectivity index (χ3v) is 5.70. The van der Waals surface area contributed by atoms with Gasteiger partial charge in [0.1, 0.15) is 5.76 Å². The second-order valence-corrected chi connectivity index (χ2v) is 7.59. The van der Waals surface area contributed by atoms with E-state index < -0.39 is 0 Å². The zero-order valence-corrected chi connectivity index (χ0v) is 18.6. The van der Waals surface area contributed by atoms with Crippen molar-refractivity contribution in [1.29, 1.82) is 0 Å². The van der Waals surface area contributed by atoms with E-state index in [0.29, 0.717) is 11.2 Å². The highest BCUT2D eigenvalue weighted by Crippen LogP contribution is 2.24. The Morgan fingerprint density at radius 3 is 2.79 bits per heavy atom. The van der Waals surface area contributed by atoms with Crippen molar-refractivity contribution < 1.29 is 4.52 Å². The smallest absolute Gasteiger partial charge is 0.193 e. The predicted molar refractivity (Wildman–Crippen MR) is 114 cm³/mol. The summed E-state index contributed by atoms with van der Waals surface area (Å²) in [6, 6.07) is 0. The van der Waals surface area contributed by atoms with Crippen LogP contribution in [0.25, 0.3) is 0 Å². The lowest BCUT2D eigenvalue weighted by Gasteiger charge is -2.34. The van der Waals surface area contributed by atoms with Gasteiger partial charge in [-0.3, -0.25) is 4.99 Å². The molecule has 1 aliphatic rings. The van der Waals surface area contributed by atoms with Crippen LogP contribution in [0.15, 0.2) is 9.52 Å². The van der Waals surface area contributed by atoms with Crippen molar-refractivity contribution in [3.63, 3.8) is 0 Å². The summed E-state index contributed by atoms with van der Waals surface area (Å²) in [5, 5.41) is 8.23. The van der Waals surface area contributed by atoms with Gasteiger partial charge in [-0.25, -0.2) is 0 Å². The van der Waals surface area contributed by atoms with Gasteiger partial charge < -0.3 is 14.7 Å². The Morgan fingerprint density at radius 2 is 2.21 bits per heavy atom. The SMILES string of the molecule is CCNC(=NCC(C)c1c(C)noc1C)N1CCSC(CC)C1.I. The summed E-state index contributed by atoms with van der Waals surface area (Å²) in [6.45, 7) is 14.4. The Bertz CT molecular complexity index is 515. The molecule has 0 aromatic carbocycles. The van der Waals surface area contributed by atoms with E-state index in [1.165, 1.54) is 17.7 Å². The Balaban J connectivity index is 0.00000288. The van der Waals surface area contributed by atoms with Crippen molar-refractivity contribution in [2.45, 2.75) is 52.2 Å². The largest absolute Gasteiger partial charge is 0.361 e. The fourth-order valence-electron chi connectivity index (χ4n) is 3.09. The third-order valence-electron chi connectivity index (χ3n) is 4.32. The average molecular weight is 466 g/mol. The lowest BCUT2D eigenvalue weighted by molar-refractivity contribution is 0.391. The van der Waals surface area contributed by atoms with Gasteiger partial charge in [-0.1, -0.05) is 19.0 Å². The van der Waals surface area contributed by atoms with E-state index in [4.69, 9.17) is 9.52 Å². The van der Waals surface area contributed by atoms with Gasteiger partial charge in [-0.15, -0.1) is 24.0 Å². The van der Waals surface area contributed by atoms with Gasteiger partial charge in [-0.2, -0.15) is 11.8 Å². The maximum absolute atomic E-state index is 5.29. The number of nitrogens with zero attached hydrogens (tertiary/aromatic N) is 3. The number of aliphatic imine (C=N–C) groups is 1. The van der Waals surface area contributed by atoms with Gasteiger partial charge in [0.05, 0.1) is 5.69 Å². The van der Waals surface area contributed by atoms with Gasteiger partial charge in [0.15, 0.2) is 5.96 Å². The Labute approximate surface area is 167 Å². The molecule has 24 heavy (non-hydrogen) atoms. The van der Waals surface area contributed by atoms with E-state index in [2.05, 4.69) is 47.9 Å². The first-order valence-corrected chi connectivity index (χ1v) is 9.69. The molecule has 2 heterocycles. The quantitative estimate of drug-likeness (QED) is 0.407. The molecular formula is C17H31IN4OS. The van der Waals surface area contributed by atoms with Gasteiger partial charge in [0, 0.05) is 48.7 Å². The number of hydrogen-bond acceptors (Lipinski definition) is 4. The summed E-state index contributed by atoms with van der Waals surface area (Å²) in [7, 11) is 0. The molecule has 1 N–H and O–H groups in total. The number of nitrogens with one attached hydrogen (secondary N) is 1. The van der Waals surface area contributed by atoms with Crippen LogP contribution in [-0.2, 0) is 0 Å². The van der Waals surface area contributed by atoms with Crippen molar-refractivity contribution >= 4 is 41.7 Å². The minimum atomic E-state index is 0. The number of aryl methyl sites for hydroxylation is 2. The van der Waals surface area contributed by atoms with Crippen LogP contribution in [0.5, 0.6) is 0 Å². The summed E-state index contributed by atoms with van der Waals surface area (Å²) in [4.78, 5) is 7.31. The van der Waals surface area contributed by atoms with Crippen LogP contribution in [0.4, 0.5) is 0 Å². The molecule has 5 nitrogen and oxygen atoms in total. The molecule has 1 aliphatic heterocycles. The monoisotopic (exact) mass is 466 g/mol. The minimum absolute atomic E-state index is 0. The highest BCUT2D eigenvalue weighted by atomic mass is 127. The molecule has 2 unspecified atom stereocenters. The van der Waals surface area contributed by atoms with Gasteiger partial charge in [0.2, 0.25) is 0 Å². The molecule has 0 saturated carbocycles. The van der Waals surface area contributed by atoms with E-state index in [-0.39, 0.29) is 24.0 Å². The first-order chi connectivity index (χ1) is 11.1. The Morgan fingerprint density at radius 1 is 1.46 bits per heavy atom. The number of hydrogen-bond donors (Lipinski definition) is 1. The molecular weight excluding hydrogens is 435 g/mol. The maximum atomic E-state index is 5.29. The lowest BCUT2D eigenvalue weighted by Crippen LogP contribution is -2.48. The summed E-state index contributed by atoms with van der Waals surface area (Å²) in [6.07, 6.45) is 1.22. The number of guanidine groups is 1. The predicted octanol–water partition coefficient (Wildman–Crippen LogP) is 3.81. The molecule has 2 rings (SSSR count). The highest BCUT2D eigenvalue weighted by Gasteiger charge is 2.22. The molecule has 2 atom stereocenters. The third kappa shape index (κ3) is 5.54. The van der Waals surface area contributed by atoms with E-state index in [1.54, 1.807) is 0 Å². The zero-order valence-electron chi connectivity index (χ0n) is 15.5. The molecule has 138 valence electrons. The van der Waals surface area contributed by atoms with Crippen LogP contribution in [-0.4, -0.2) is 53.2 Å². The van der Waals surface area contributed by atoms with Crippen LogP contribution >= 0.6 is 35.7 Å². The number of thioether (sulfide) groups is 1. The van der Waals surface area contributed by atoms with Crippen LogP contribution in [0.2, 0.25) is 0 Å². The first kappa shape index (κ1) is 21.6. The number of aromatic nitrogens is 1. The fraction of sp³-hybridized carbons (Fsp3) is 0.765. The standard InChI is InChI=1S/C17H30N4OS.HI/c1-6-15-11-21(8-9-23-15)17(18-7-2)19-10-12(3)16-13(4)20-22-14(16)5;/h12,15H,6-11H2,1-5H3,(H,18,19);1H. The van der Waals surface area contributed by atoms with Gasteiger partial charge in [-0.05, 0) is 27.2 Å². The topological polar surface area (TPSA) is 53.7 Å². The van der Waals surface area contributed by atoms with Crippen molar-refractivity contribution in [3.05, 3.63) is 17.0 Å². The van der Waals surface area contributed by atoms with Gasteiger partial charge in [0.25, 0.3) is 0 Å². The maximum Gasteiger partial charge on any atom is 0.193 e. The molecule has 1 aromatic rings.